The number of nitrogens with zero attached hydrogens (tertiary/aromatic N) is 2. The van der Waals surface area contributed by atoms with Crippen molar-refractivity contribution in [1.82, 2.24) is 4.31 Å². The van der Waals surface area contributed by atoms with Crippen molar-refractivity contribution in [2.45, 2.75) is 43.0 Å². The molecule has 1 atom stereocenters. The molecule has 2 aliphatic rings. The van der Waals surface area contributed by atoms with E-state index < -0.39 is 21.9 Å². The molecule has 1 N–H and O–H groups in total. The highest BCUT2D eigenvalue weighted by atomic mass is 32.2. The molecule has 0 aliphatic carbocycles. The molecular weight excluding hydrogens is 405 g/mol. The molecule has 2 heterocycles. The second-order valence-electron chi connectivity index (χ2n) is 7.81. The molecule has 0 saturated carbocycles. The molecule has 6 nitrogen and oxygen atoms in total. The first-order valence-corrected chi connectivity index (χ1v) is 11.8. The van der Waals surface area contributed by atoms with Crippen molar-refractivity contribution in [3.05, 3.63) is 54.3 Å². The number of hydrogen-bond acceptors (Lipinski definition) is 4. The molecule has 0 radical (unpaired) electrons. The van der Waals surface area contributed by atoms with Gasteiger partial charge >= 0.3 is 0 Å². The lowest BCUT2D eigenvalue weighted by Crippen LogP contribution is -2.43. The summed E-state index contributed by atoms with van der Waals surface area (Å²) in [6.07, 6.45) is 4.71. The van der Waals surface area contributed by atoms with E-state index in [1.54, 1.807) is 0 Å². The Kier molecular flexibility index (Phi) is 6.06. The molecule has 2 fully saturated rings. The number of rotatable bonds is 5. The van der Waals surface area contributed by atoms with Gasteiger partial charge < -0.3 is 10.2 Å². The van der Waals surface area contributed by atoms with E-state index in [0.29, 0.717) is 18.5 Å². The number of carbonyl (C=O) groups excluding carboxylic acids is 1. The van der Waals surface area contributed by atoms with Crippen LogP contribution in [0, 0.1) is 5.82 Å². The lowest BCUT2D eigenvalue weighted by Gasteiger charge is -2.29. The summed E-state index contributed by atoms with van der Waals surface area (Å²) in [4.78, 5) is 15.2. The number of halogens is 1. The summed E-state index contributed by atoms with van der Waals surface area (Å²) >= 11 is 0. The van der Waals surface area contributed by atoms with Crippen LogP contribution in [0.1, 0.15) is 32.1 Å². The summed E-state index contributed by atoms with van der Waals surface area (Å²) in [5.41, 5.74) is 1.78. The van der Waals surface area contributed by atoms with Crippen LogP contribution < -0.4 is 10.2 Å². The summed E-state index contributed by atoms with van der Waals surface area (Å²) in [6, 6.07) is 11.6. The van der Waals surface area contributed by atoms with Crippen LogP contribution in [0.25, 0.3) is 0 Å². The first kappa shape index (κ1) is 20.8. The van der Waals surface area contributed by atoms with Gasteiger partial charge in [-0.05, 0) is 80.6 Å². The van der Waals surface area contributed by atoms with Gasteiger partial charge in [0.1, 0.15) is 11.9 Å². The zero-order valence-corrected chi connectivity index (χ0v) is 17.6. The van der Waals surface area contributed by atoms with Crippen molar-refractivity contribution >= 4 is 27.3 Å². The molecule has 1 amide bonds. The lowest BCUT2D eigenvalue weighted by molar-refractivity contribution is -0.119. The standard InChI is InChI=1S/C22H26FN3O3S/c23-17-6-12-20(13-7-17)30(28,29)26-16-4-5-21(26)22(27)24-18-8-10-19(11-9-18)25-14-2-1-3-15-25/h6-13,21H,1-5,14-16H2,(H,24,27)/t21-/m0/s1. The molecule has 30 heavy (non-hydrogen) atoms. The molecule has 0 spiro atoms. The minimum absolute atomic E-state index is 0.00511. The van der Waals surface area contributed by atoms with Gasteiger partial charge in [-0.1, -0.05) is 0 Å². The fourth-order valence-electron chi connectivity index (χ4n) is 4.17. The van der Waals surface area contributed by atoms with Crippen molar-refractivity contribution < 1.29 is 17.6 Å². The molecule has 8 heteroatoms. The summed E-state index contributed by atoms with van der Waals surface area (Å²) < 4.78 is 40.3. The van der Waals surface area contributed by atoms with Gasteiger partial charge in [-0.25, -0.2) is 12.8 Å². The Morgan fingerprint density at radius 2 is 1.57 bits per heavy atom. The maximum absolute atomic E-state index is 13.2. The highest BCUT2D eigenvalue weighted by Gasteiger charge is 2.39. The van der Waals surface area contributed by atoms with Gasteiger partial charge in [-0.3, -0.25) is 4.79 Å². The van der Waals surface area contributed by atoms with Crippen LogP contribution in [0.3, 0.4) is 0 Å². The predicted octanol–water partition coefficient (Wildman–Crippen LogP) is 3.61. The first-order chi connectivity index (χ1) is 14.4. The fraction of sp³-hybridized carbons (Fsp3) is 0.409. The zero-order valence-electron chi connectivity index (χ0n) is 16.8. The number of sulfonamides is 1. The maximum atomic E-state index is 13.2. The Morgan fingerprint density at radius 3 is 2.23 bits per heavy atom. The monoisotopic (exact) mass is 431 g/mol. The molecule has 2 aromatic rings. The smallest absolute Gasteiger partial charge is 0.243 e. The SMILES string of the molecule is O=C(Nc1ccc(N2CCCCC2)cc1)[C@@H]1CCCN1S(=O)(=O)c1ccc(F)cc1. The van der Waals surface area contributed by atoms with Gasteiger partial charge in [0.25, 0.3) is 0 Å². The number of nitrogens with one attached hydrogen (secondary N) is 1. The third-order valence-corrected chi connectivity index (χ3v) is 7.71. The molecule has 0 aromatic heterocycles. The number of anilines is 2. The predicted molar refractivity (Wildman–Crippen MR) is 114 cm³/mol. The van der Waals surface area contributed by atoms with Gasteiger partial charge in [0.05, 0.1) is 4.90 Å². The summed E-state index contributed by atoms with van der Waals surface area (Å²) in [7, 11) is -3.86. The Balaban J connectivity index is 1.45. The quantitative estimate of drug-likeness (QED) is 0.785. The van der Waals surface area contributed by atoms with Crippen molar-refractivity contribution in [3.63, 3.8) is 0 Å². The topological polar surface area (TPSA) is 69.7 Å². The van der Waals surface area contributed by atoms with E-state index in [1.807, 2.05) is 24.3 Å². The number of benzene rings is 2. The molecule has 0 bridgehead atoms. The largest absolute Gasteiger partial charge is 0.372 e. The van der Waals surface area contributed by atoms with E-state index in [1.165, 1.54) is 35.7 Å². The number of hydrogen-bond donors (Lipinski definition) is 1. The van der Waals surface area contributed by atoms with Crippen molar-refractivity contribution in [2.75, 3.05) is 29.9 Å². The van der Waals surface area contributed by atoms with Gasteiger partial charge in [0.2, 0.25) is 15.9 Å². The zero-order chi connectivity index (χ0) is 21.1. The van der Waals surface area contributed by atoms with Crippen LogP contribution in [0.4, 0.5) is 15.8 Å². The van der Waals surface area contributed by atoms with Crippen molar-refractivity contribution in [2.24, 2.45) is 0 Å². The van der Waals surface area contributed by atoms with Crippen LogP contribution in [-0.4, -0.2) is 44.3 Å². The summed E-state index contributed by atoms with van der Waals surface area (Å²) in [5.74, 6) is -0.846. The van der Waals surface area contributed by atoms with Crippen LogP contribution in [0.5, 0.6) is 0 Å². The molecule has 160 valence electrons. The molecule has 4 rings (SSSR count). The highest BCUT2D eigenvalue weighted by Crippen LogP contribution is 2.28. The minimum Gasteiger partial charge on any atom is -0.372 e. The van der Waals surface area contributed by atoms with Crippen LogP contribution >= 0.6 is 0 Å². The minimum atomic E-state index is -3.86. The molecule has 0 unspecified atom stereocenters. The van der Waals surface area contributed by atoms with Gasteiger partial charge in [-0.15, -0.1) is 0 Å². The summed E-state index contributed by atoms with van der Waals surface area (Å²) in [5, 5.41) is 2.85. The third-order valence-electron chi connectivity index (χ3n) is 5.78. The molecular formula is C22H26FN3O3S. The van der Waals surface area contributed by atoms with E-state index in [9.17, 15) is 17.6 Å². The third kappa shape index (κ3) is 4.34. The van der Waals surface area contributed by atoms with E-state index in [0.717, 1.165) is 30.9 Å². The average Bonchev–Trinajstić information content (AvgIpc) is 3.26. The van der Waals surface area contributed by atoms with E-state index in [-0.39, 0.29) is 17.3 Å². The van der Waals surface area contributed by atoms with Crippen molar-refractivity contribution in [3.8, 4) is 0 Å². The van der Waals surface area contributed by atoms with Gasteiger partial charge in [0.15, 0.2) is 0 Å². The fourth-order valence-corrected chi connectivity index (χ4v) is 5.82. The Bertz CT molecular complexity index is 987. The average molecular weight is 432 g/mol. The summed E-state index contributed by atoms with van der Waals surface area (Å²) in [6.45, 7) is 2.36. The molecule has 2 aliphatic heterocycles. The van der Waals surface area contributed by atoms with Crippen LogP contribution in [-0.2, 0) is 14.8 Å². The first-order valence-electron chi connectivity index (χ1n) is 10.4. The second kappa shape index (κ2) is 8.73. The van der Waals surface area contributed by atoms with E-state index in [4.69, 9.17) is 0 Å². The number of carbonyl (C=O) groups is 1. The number of piperidine rings is 1. The van der Waals surface area contributed by atoms with Gasteiger partial charge in [-0.2, -0.15) is 4.31 Å². The Morgan fingerprint density at radius 1 is 0.900 bits per heavy atom. The Hall–Kier alpha value is -2.45. The van der Waals surface area contributed by atoms with E-state index >= 15 is 0 Å². The van der Waals surface area contributed by atoms with Crippen molar-refractivity contribution in [1.29, 1.82) is 0 Å². The second-order valence-corrected chi connectivity index (χ2v) is 9.70. The van der Waals surface area contributed by atoms with Crippen LogP contribution in [0.2, 0.25) is 0 Å². The lowest BCUT2D eigenvalue weighted by atomic mass is 10.1. The number of amides is 1. The maximum Gasteiger partial charge on any atom is 0.243 e. The Labute approximate surface area is 176 Å². The van der Waals surface area contributed by atoms with E-state index in [2.05, 4.69) is 10.2 Å². The molecule has 2 saturated heterocycles. The van der Waals surface area contributed by atoms with Crippen LogP contribution in [0.15, 0.2) is 53.4 Å². The normalized spacial score (nSPS) is 20.3. The molecule has 2 aromatic carbocycles. The van der Waals surface area contributed by atoms with Gasteiger partial charge in [0, 0.05) is 31.0 Å². The highest BCUT2D eigenvalue weighted by molar-refractivity contribution is 7.89.